The zero-order chi connectivity index (χ0) is 15.7. The largest absolute Gasteiger partial charge is 0.342 e. The lowest BCUT2D eigenvalue weighted by molar-refractivity contribution is -0.137. The highest BCUT2D eigenvalue weighted by Crippen LogP contribution is 2.38. The molecule has 2 heterocycles. The van der Waals surface area contributed by atoms with Crippen molar-refractivity contribution in [2.45, 2.75) is 38.6 Å². The van der Waals surface area contributed by atoms with Crippen molar-refractivity contribution in [2.75, 3.05) is 20.1 Å². The molecule has 0 saturated carbocycles. The number of carbonyl (C=O) groups excluding carboxylic acids is 2. The summed E-state index contributed by atoms with van der Waals surface area (Å²) in [6.45, 7) is 3.73. The fourth-order valence-corrected chi connectivity index (χ4v) is 3.66. The molecule has 22 heavy (non-hydrogen) atoms. The van der Waals surface area contributed by atoms with Crippen molar-refractivity contribution in [3.8, 4) is 0 Å². The van der Waals surface area contributed by atoms with Gasteiger partial charge in [0.2, 0.25) is 11.8 Å². The summed E-state index contributed by atoms with van der Waals surface area (Å²) in [5.41, 5.74) is 2.25. The van der Waals surface area contributed by atoms with Crippen LogP contribution < -0.4 is 0 Å². The second-order valence-electron chi connectivity index (χ2n) is 6.56. The third-order valence-corrected chi connectivity index (χ3v) is 4.99. The maximum absolute atomic E-state index is 12.9. The zero-order valence-corrected chi connectivity index (χ0v) is 13.4. The van der Waals surface area contributed by atoms with Gasteiger partial charge in [-0.05, 0) is 31.7 Å². The van der Waals surface area contributed by atoms with Gasteiger partial charge in [0.1, 0.15) is 0 Å². The van der Waals surface area contributed by atoms with E-state index in [4.69, 9.17) is 0 Å². The Hall–Kier alpha value is -1.84. The van der Waals surface area contributed by atoms with E-state index in [-0.39, 0.29) is 23.8 Å². The van der Waals surface area contributed by atoms with Gasteiger partial charge in [0.15, 0.2) is 0 Å². The molecule has 1 aromatic rings. The van der Waals surface area contributed by atoms with Crippen LogP contribution in [0.25, 0.3) is 0 Å². The molecular weight excluding hydrogens is 276 g/mol. The molecule has 3 rings (SSSR count). The van der Waals surface area contributed by atoms with Crippen molar-refractivity contribution < 1.29 is 9.59 Å². The lowest BCUT2D eigenvalue weighted by Crippen LogP contribution is -2.41. The minimum absolute atomic E-state index is 0.0703. The fourth-order valence-electron chi connectivity index (χ4n) is 3.66. The van der Waals surface area contributed by atoms with E-state index in [1.54, 1.807) is 4.90 Å². The van der Waals surface area contributed by atoms with Crippen molar-refractivity contribution in [3.63, 3.8) is 0 Å². The Morgan fingerprint density at radius 3 is 2.36 bits per heavy atom. The Kier molecular flexibility index (Phi) is 4.19. The second kappa shape index (κ2) is 6.11. The number of hydrogen-bond donors (Lipinski definition) is 0. The van der Waals surface area contributed by atoms with Crippen LogP contribution in [0.1, 0.15) is 42.9 Å². The van der Waals surface area contributed by atoms with Gasteiger partial charge in [-0.25, -0.2) is 0 Å². The number of benzene rings is 1. The number of rotatable bonds is 2. The monoisotopic (exact) mass is 300 g/mol. The Balaban J connectivity index is 1.86. The van der Waals surface area contributed by atoms with Crippen LogP contribution in [0.2, 0.25) is 0 Å². The third-order valence-electron chi connectivity index (χ3n) is 4.99. The van der Waals surface area contributed by atoms with Gasteiger partial charge in [-0.3, -0.25) is 9.59 Å². The Morgan fingerprint density at radius 2 is 1.73 bits per heavy atom. The van der Waals surface area contributed by atoms with E-state index >= 15 is 0 Å². The topological polar surface area (TPSA) is 40.6 Å². The number of aryl methyl sites for hydroxylation is 1. The fraction of sp³-hybridized carbons (Fsp3) is 0.556. The molecule has 0 aliphatic carbocycles. The molecule has 0 unspecified atom stereocenters. The molecule has 2 aliphatic rings. The van der Waals surface area contributed by atoms with Gasteiger partial charge in [-0.2, -0.15) is 0 Å². The number of carbonyl (C=O) groups is 2. The van der Waals surface area contributed by atoms with Crippen LogP contribution >= 0.6 is 0 Å². The summed E-state index contributed by atoms with van der Waals surface area (Å²) in [5.74, 6) is -0.0118. The highest BCUT2D eigenvalue weighted by atomic mass is 16.2. The molecule has 0 spiro atoms. The van der Waals surface area contributed by atoms with Crippen LogP contribution in [-0.4, -0.2) is 41.8 Å². The molecule has 2 amide bonds. The standard InChI is InChI=1S/C18H24N2O2/c1-13-6-8-14(9-7-13)17-15(12-16(21)19(17)2)18(22)20-10-4-3-5-11-20/h6-9,15,17H,3-5,10-12H2,1-2H3/t15-,17-/m1/s1. The second-order valence-corrected chi connectivity index (χ2v) is 6.56. The average molecular weight is 300 g/mol. The van der Waals surface area contributed by atoms with Crippen molar-refractivity contribution in [1.29, 1.82) is 0 Å². The average Bonchev–Trinajstić information content (AvgIpc) is 2.84. The van der Waals surface area contributed by atoms with Crippen LogP contribution in [0.3, 0.4) is 0 Å². The smallest absolute Gasteiger partial charge is 0.228 e. The minimum atomic E-state index is -0.238. The molecule has 2 aliphatic heterocycles. The van der Waals surface area contributed by atoms with Crippen molar-refractivity contribution >= 4 is 11.8 Å². The molecule has 1 aromatic carbocycles. The Morgan fingerprint density at radius 1 is 1.09 bits per heavy atom. The molecule has 0 radical (unpaired) electrons. The summed E-state index contributed by atoms with van der Waals surface area (Å²) in [6.07, 6.45) is 3.70. The van der Waals surface area contributed by atoms with E-state index in [0.717, 1.165) is 31.5 Å². The summed E-state index contributed by atoms with van der Waals surface area (Å²) >= 11 is 0. The summed E-state index contributed by atoms with van der Waals surface area (Å²) in [7, 11) is 1.82. The van der Waals surface area contributed by atoms with Gasteiger partial charge in [-0.1, -0.05) is 29.8 Å². The van der Waals surface area contributed by atoms with Crippen LogP contribution in [0.15, 0.2) is 24.3 Å². The summed E-state index contributed by atoms with van der Waals surface area (Å²) < 4.78 is 0. The molecule has 0 bridgehead atoms. The van der Waals surface area contributed by atoms with Gasteiger partial charge >= 0.3 is 0 Å². The van der Waals surface area contributed by atoms with Gasteiger partial charge < -0.3 is 9.80 Å². The first-order chi connectivity index (χ1) is 10.6. The molecule has 2 saturated heterocycles. The summed E-state index contributed by atoms with van der Waals surface area (Å²) in [5, 5.41) is 0. The van der Waals surface area contributed by atoms with Crippen LogP contribution in [0.4, 0.5) is 0 Å². The molecule has 0 aromatic heterocycles. The predicted octanol–water partition coefficient (Wildman–Crippen LogP) is 2.53. The molecular formula is C18H24N2O2. The molecule has 4 heteroatoms. The SMILES string of the molecule is Cc1ccc([C@@H]2[C@H](C(=O)N3CCCCC3)CC(=O)N2C)cc1. The quantitative estimate of drug-likeness (QED) is 0.842. The highest BCUT2D eigenvalue weighted by molar-refractivity contribution is 5.90. The maximum Gasteiger partial charge on any atom is 0.228 e. The van der Waals surface area contributed by atoms with E-state index < -0.39 is 0 Å². The Labute approximate surface area is 132 Å². The summed E-state index contributed by atoms with van der Waals surface area (Å²) in [6, 6.07) is 8.07. The zero-order valence-electron chi connectivity index (χ0n) is 13.4. The predicted molar refractivity (Wildman–Crippen MR) is 85.2 cm³/mol. The number of likely N-dealkylation sites (tertiary alicyclic amines) is 2. The number of amides is 2. The van der Waals surface area contributed by atoms with Gasteiger partial charge in [0, 0.05) is 26.6 Å². The van der Waals surface area contributed by atoms with E-state index in [1.807, 2.05) is 31.0 Å². The first-order valence-corrected chi connectivity index (χ1v) is 8.19. The van der Waals surface area contributed by atoms with E-state index in [9.17, 15) is 9.59 Å². The van der Waals surface area contributed by atoms with Crippen LogP contribution in [0, 0.1) is 12.8 Å². The molecule has 2 atom stereocenters. The first-order valence-electron chi connectivity index (χ1n) is 8.19. The molecule has 4 nitrogen and oxygen atoms in total. The highest BCUT2D eigenvalue weighted by Gasteiger charge is 2.44. The van der Waals surface area contributed by atoms with Gasteiger partial charge in [0.05, 0.1) is 12.0 Å². The molecule has 118 valence electrons. The molecule has 0 N–H and O–H groups in total. The lowest BCUT2D eigenvalue weighted by atomic mass is 9.91. The van der Waals surface area contributed by atoms with E-state index in [2.05, 4.69) is 12.1 Å². The van der Waals surface area contributed by atoms with Crippen molar-refractivity contribution in [3.05, 3.63) is 35.4 Å². The van der Waals surface area contributed by atoms with Crippen molar-refractivity contribution in [1.82, 2.24) is 9.80 Å². The normalized spacial score (nSPS) is 25.6. The Bertz CT molecular complexity index is 561. The van der Waals surface area contributed by atoms with E-state index in [1.165, 1.54) is 12.0 Å². The van der Waals surface area contributed by atoms with Crippen LogP contribution in [0.5, 0.6) is 0 Å². The number of nitrogens with zero attached hydrogens (tertiary/aromatic N) is 2. The number of piperidine rings is 1. The number of hydrogen-bond acceptors (Lipinski definition) is 2. The summed E-state index contributed by atoms with van der Waals surface area (Å²) in [4.78, 5) is 28.8. The minimum Gasteiger partial charge on any atom is -0.342 e. The maximum atomic E-state index is 12.9. The van der Waals surface area contributed by atoms with Crippen molar-refractivity contribution in [2.24, 2.45) is 5.92 Å². The first kappa shape index (κ1) is 15.1. The lowest BCUT2D eigenvalue weighted by Gasteiger charge is -2.32. The third kappa shape index (κ3) is 2.74. The van der Waals surface area contributed by atoms with Gasteiger partial charge in [0.25, 0.3) is 0 Å². The van der Waals surface area contributed by atoms with Gasteiger partial charge in [-0.15, -0.1) is 0 Å². The molecule has 2 fully saturated rings. The van der Waals surface area contributed by atoms with E-state index in [0.29, 0.717) is 6.42 Å². The van der Waals surface area contributed by atoms with Crippen LogP contribution in [-0.2, 0) is 9.59 Å².